The Balaban J connectivity index is 1.94. The normalized spacial score (nSPS) is 17.9. The number of rotatable bonds is 5. The lowest BCUT2D eigenvalue weighted by molar-refractivity contribution is -0.140. The van der Waals surface area contributed by atoms with Crippen molar-refractivity contribution in [1.82, 2.24) is 4.90 Å². The molecule has 1 unspecified atom stereocenters. The first kappa shape index (κ1) is 20.7. The maximum Gasteiger partial charge on any atom is 0.295 e. The van der Waals surface area contributed by atoms with Crippen LogP contribution in [0, 0.1) is 11.6 Å². The number of thiophene rings is 1. The monoisotopic (exact) mass is 441 g/mol. The number of carbonyl (C=O) groups excluding carboxylic acids is 2. The molecule has 0 aliphatic carbocycles. The Bertz CT molecular complexity index is 1190. The standard InChI is InChI=1S/C23H17F2NO4S/c1-30-18-9-8-13(24)11-16(18)21(27)19-20(15-6-2-3-7-17(15)25)26(23(29)22(19)28)12-14-5-4-10-31-14/h2-11,20,27H,12H2,1H3/b21-19+. The zero-order valence-electron chi connectivity index (χ0n) is 16.3. The Kier molecular flexibility index (Phi) is 5.56. The molecule has 2 aromatic carbocycles. The van der Waals surface area contributed by atoms with Gasteiger partial charge in [-0.25, -0.2) is 8.78 Å². The van der Waals surface area contributed by atoms with Crippen LogP contribution in [0.25, 0.3) is 5.76 Å². The lowest BCUT2D eigenvalue weighted by atomic mass is 9.94. The minimum absolute atomic E-state index is 0.0511. The highest BCUT2D eigenvalue weighted by atomic mass is 32.1. The van der Waals surface area contributed by atoms with Crippen LogP contribution >= 0.6 is 11.3 Å². The van der Waals surface area contributed by atoms with Crippen molar-refractivity contribution < 1.29 is 28.2 Å². The zero-order chi connectivity index (χ0) is 22.1. The van der Waals surface area contributed by atoms with Gasteiger partial charge in [-0.15, -0.1) is 11.3 Å². The molecule has 3 aromatic rings. The SMILES string of the molecule is COc1ccc(F)cc1/C(O)=C1\C(=O)C(=O)N(Cc2cccs2)C1c1ccccc1F. The third kappa shape index (κ3) is 3.70. The number of ether oxygens (including phenoxy) is 1. The van der Waals surface area contributed by atoms with Crippen LogP contribution in [0.3, 0.4) is 0 Å². The summed E-state index contributed by atoms with van der Waals surface area (Å²) in [6.07, 6.45) is 0. The summed E-state index contributed by atoms with van der Waals surface area (Å²) in [5.74, 6) is -3.68. The van der Waals surface area contributed by atoms with Crippen molar-refractivity contribution >= 4 is 28.8 Å². The van der Waals surface area contributed by atoms with Crippen molar-refractivity contribution in [3.05, 3.63) is 93.2 Å². The first-order chi connectivity index (χ1) is 14.9. The largest absolute Gasteiger partial charge is 0.507 e. The number of carbonyl (C=O) groups is 2. The summed E-state index contributed by atoms with van der Waals surface area (Å²) in [4.78, 5) is 27.9. The Morgan fingerprint density at radius 3 is 2.58 bits per heavy atom. The molecule has 1 N–H and O–H groups in total. The van der Waals surface area contributed by atoms with E-state index in [-0.39, 0.29) is 29.0 Å². The van der Waals surface area contributed by atoms with Gasteiger partial charge in [-0.05, 0) is 35.7 Å². The van der Waals surface area contributed by atoms with Crippen molar-refractivity contribution in [3.63, 3.8) is 0 Å². The van der Waals surface area contributed by atoms with Crippen LogP contribution in [-0.4, -0.2) is 28.8 Å². The number of aliphatic hydroxyl groups excluding tert-OH is 1. The average Bonchev–Trinajstić information content (AvgIpc) is 3.36. The topological polar surface area (TPSA) is 66.8 Å². The smallest absolute Gasteiger partial charge is 0.295 e. The Labute approximate surface area is 180 Å². The number of methoxy groups -OCH3 is 1. The molecule has 1 fully saturated rings. The molecule has 31 heavy (non-hydrogen) atoms. The number of amides is 1. The van der Waals surface area contributed by atoms with E-state index < -0.39 is 35.1 Å². The molecule has 0 bridgehead atoms. The van der Waals surface area contributed by atoms with Gasteiger partial charge in [0, 0.05) is 10.4 Å². The molecule has 1 saturated heterocycles. The summed E-state index contributed by atoms with van der Waals surface area (Å²) in [5, 5.41) is 12.8. The fourth-order valence-electron chi connectivity index (χ4n) is 3.64. The molecule has 0 spiro atoms. The highest BCUT2D eigenvalue weighted by molar-refractivity contribution is 7.09. The van der Waals surface area contributed by atoms with E-state index in [4.69, 9.17) is 4.74 Å². The molecule has 5 nitrogen and oxygen atoms in total. The van der Waals surface area contributed by atoms with Gasteiger partial charge in [0.2, 0.25) is 0 Å². The van der Waals surface area contributed by atoms with E-state index in [0.29, 0.717) is 0 Å². The van der Waals surface area contributed by atoms with Crippen molar-refractivity contribution in [3.8, 4) is 5.75 Å². The fourth-order valence-corrected chi connectivity index (χ4v) is 4.35. The van der Waals surface area contributed by atoms with Crippen molar-refractivity contribution in [2.75, 3.05) is 7.11 Å². The first-order valence-corrected chi connectivity index (χ1v) is 10.2. The number of nitrogens with zero attached hydrogens (tertiary/aromatic N) is 1. The predicted octanol–water partition coefficient (Wildman–Crippen LogP) is 4.66. The van der Waals surface area contributed by atoms with Gasteiger partial charge in [0.05, 0.1) is 30.8 Å². The van der Waals surface area contributed by atoms with E-state index in [1.54, 1.807) is 18.2 Å². The van der Waals surface area contributed by atoms with E-state index in [1.807, 2.05) is 5.38 Å². The van der Waals surface area contributed by atoms with Crippen LogP contribution in [0.2, 0.25) is 0 Å². The summed E-state index contributed by atoms with van der Waals surface area (Å²) in [6, 6.07) is 11.6. The van der Waals surface area contributed by atoms with Gasteiger partial charge in [-0.2, -0.15) is 0 Å². The lowest BCUT2D eigenvalue weighted by Crippen LogP contribution is -2.29. The number of hydrogen-bond acceptors (Lipinski definition) is 5. The summed E-state index contributed by atoms with van der Waals surface area (Å²) in [6.45, 7) is 0.0539. The van der Waals surface area contributed by atoms with E-state index in [2.05, 4.69) is 0 Å². The van der Waals surface area contributed by atoms with Gasteiger partial charge < -0.3 is 14.7 Å². The second kappa shape index (κ2) is 8.31. The second-order valence-electron chi connectivity index (χ2n) is 6.87. The van der Waals surface area contributed by atoms with Crippen LogP contribution in [-0.2, 0) is 16.1 Å². The molecule has 1 aliphatic rings. The van der Waals surface area contributed by atoms with Crippen LogP contribution in [0.1, 0.15) is 22.0 Å². The van der Waals surface area contributed by atoms with Crippen LogP contribution in [0.4, 0.5) is 8.78 Å². The molecule has 0 saturated carbocycles. The van der Waals surface area contributed by atoms with Crippen molar-refractivity contribution in [1.29, 1.82) is 0 Å². The molecular weight excluding hydrogens is 424 g/mol. The molecule has 1 amide bonds. The summed E-state index contributed by atoms with van der Waals surface area (Å²) < 4.78 is 33.8. The summed E-state index contributed by atoms with van der Waals surface area (Å²) in [5.41, 5.74) is -0.372. The van der Waals surface area contributed by atoms with Gasteiger partial charge in [-0.1, -0.05) is 24.3 Å². The highest BCUT2D eigenvalue weighted by Gasteiger charge is 2.47. The molecule has 1 atom stereocenters. The lowest BCUT2D eigenvalue weighted by Gasteiger charge is -2.25. The number of benzene rings is 2. The highest BCUT2D eigenvalue weighted by Crippen LogP contribution is 2.42. The average molecular weight is 441 g/mol. The molecule has 0 radical (unpaired) electrons. The minimum Gasteiger partial charge on any atom is -0.507 e. The van der Waals surface area contributed by atoms with Crippen LogP contribution in [0.15, 0.2) is 65.6 Å². The van der Waals surface area contributed by atoms with Gasteiger partial charge in [0.1, 0.15) is 23.1 Å². The molecule has 1 aliphatic heterocycles. The maximum absolute atomic E-state index is 14.8. The molecule has 4 rings (SSSR count). The number of Topliss-reactive ketones (excluding diaryl/α,β-unsaturated/α-hetero) is 1. The molecule has 2 heterocycles. The van der Waals surface area contributed by atoms with Gasteiger partial charge >= 0.3 is 0 Å². The summed E-state index contributed by atoms with van der Waals surface area (Å²) in [7, 11) is 1.33. The Morgan fingerprint density at radius 1 is 1.13 bits per heavy atom. The number of ketones is 1. The summed E-state index contributed by atoms with van der Waals surface area (Å²) >= 11 is 1.38. The minimum atomic E-state index is -1.18. The molecule has 158 valence electrons. The van der Waals surface area contributed by atoms with Crippen LogP contribution < -0.4 is 4.74 Å². The van der Waals surface area contributed by atoms with Gasteiger partial charge in [0.25, 0.3) is 11.7 Å². The Morgan fingerprint density at radius 2 is 1.90 bits per heavy atom. The first-order valence-electron chi connectivity index (χ1n) is 9.31. The fraction of sp³-hybridized carbons (Fsp3) is 0.130. The zero-order valence-corrected chi connectivity index (χ0v) is 17.2. The quantitative estimate of drug-likeness (QED) is 0.355. The number of aliphatic hydroxyl groups is 1. The molecule has 8 heteroatoms. The number of hydrogen-bond donors (Lipinski definition) is 1. The van der Waals surface area contributed by atoms with Gasteiger partial charge in [-0.3, -0.25) is 9.59 Å². The predicted molar refractivity (Wildman–Crippen MR) is 112 cm³/mol. The van der Waals surface area contributed by atoms with Crippen molar-refractivity contribution in [2.24, 2.45) is 0 Å². The number of likely N-dealkylation sites (tertiary alicyclic amines) is 1. The van der Waals surface area contributed by atoms with Gasteiger partial charge in [0.15, 0.2) is 0 Å². The van der Waals surface area contributed by atoms with E-state index in [0.717, 1.165) is 17.0 Å². The Hall–Kier alpha value is -3.52. The number of halogens is 2. The maximum atomic E-state index is 14.8. The van der Waals surface area contributed by atoms with Crippen LogP contribution in [0.5, 0.6) is 5.75 Å². The molecular formula is C23H17F2NO4S. The van der Waals surface area contributed by atoms with E-state index in [1.165, 1.54) is 47.6 Å². The third-order valence-electron chi connectivity index (χ3n) is 5.06. The second-order valence-corrected chi connectivity index (χ2v) is 7.90. The molecule has 1 aromatic heterocycles. The third-order valence-corrected chi connectivity index (χ3v) is 5.92. The van der Waals surface area contributed by atoms with E-state index in [9.17, 15) is 23.5 Å². The van der Waals surface area contributed by atoms with Crippen molar-refractivity contribution in [2.45, 2.75) is 12.6 Å². The van der Waals surface area contributed by atoms with E-state index >= 15 is 0 Å².